The molecule has 7 nitrogen and oxygen atoms in total. The third-order valence-electron chi connectivity index (χ3n) is 4.19. The molecule has 154 valence electrons. The van der Waals surface area contributed by atoms with Crippen molar-refractivity contribution in [2.24, 2.45) is 0 Å². The molecule has 1 atom stereocenters. The van der Waals surface area contributed by atoms with Gasteiger partial charge in [0, 0.05) is 25.4 Å². The van der Waals surface area contributed by atoms with Crippen molar-refractivity contribution >= 4 is 17.7 Å². The molecule has 1 N–H and O–H groups in total. The van der Waals surface area contributed by atoms with Crippen LogP contribution in [0, 0.1) is 0 Å². The molecule has 2 rings (SSSR count). The van der Waals surface area contributed by atoms with Gasteiger partial charge in [-0.3, -0.25) is 0 Å². The Kier molecular flexibility index (Phi) is 6.94. The van der Waals surface area contributed by atoms with Crippen molar-refractivity contribution in [3.8, 4) is 5.75 Å². The number of benzene rings is 1. The number of nitrogens with one attached hydrogen (secondary N) is 1. The van der Waals surface area contributed by atoms with E-state index in [0.29, 0.717) is 12.8 Å². The molecule has 1 aliphatic heterocycles. The highest BCUT2D eigenvalue weighted by Gasteiger charge is 2.28. The molecule has 1 aliphatic rings. The first-order chi connectivity index (χ1) is 13.1. The first-order valence-electron chi connectivity index (χ1n) is 9.38. The number of esters is 1. The zero-order valence-electron chi connectivity index (χ0n) is 17.5. The van der Waals surface area contributed by atoms with Gasteiger partial charge in [-0.1, -0.05) is 0 Å². The number of nitrogens with zero attached hydrogens (tertiary/aromatic N) is 1. The van der Waals surface area contributed by atoms with Crippen LogP contribution in [0.5, 0.6) is 5.75 Å². The first kappa shape index (κ1) is 21.6. The maximum atomic E-state index is 12.4. The van der Waals surface area contributed by atoms with Crippen molar-refractivity contribution in [2.45, 2.75) is 52.2 Å². The van der Waals surface area contributed by atoms with Gasteiger partial charge in [-0.15, -0.1) is 0 Å². The zero-order valence-corrected chi connectivity index (χ0v) is 17.5. The summed E-state index contributed by atoms with van der Waals surface area (Å²) in [7, 11) is 3.58. The Hall–Kier alpha value is -2.70. The summed E-state index contributed by atoms with van der Waals surface area (Å²) >= 11 is 0. The number of anilines is 1. The lowest BCUT2D eigenvalue weighted by molar-refractivity contribution is -0.145. The van der Waals surface area contributed by atoms with Crippen LogP contribution in [0.1, 0.15) is 39.7 Å². The van der Waals surface area contributed by atoms with Crippen LogP contribution in [0.4, 0.5) is 10.5 Å². The van der Waals surface area contributed by atoms with Gasteiger partial charge in [-0.25, -0.2) is 9.59 Å². The minimum Gasteiger partial charge on any atom is -0.497 e. The van der Waals surface area contributed by atoms with E-state index in [0.717, 1.165) is 22.6 Å². The molecular formula is C21H30N2O5. The normalized spacial score (nSPS) is 14.5. The summed E-state index contributed by atoms with van der Waals surface area (Å²) in [5, 5.41) is 2.65. The number of hydrogen-bond acceptors (Lipinski definition) is 6. The van der Waals surface area contributed by atoms with Crippen LogP contribution in [0.2, 0.25) is 0 Å². The summed E-state index contributed by atoms with van der Waals surface area (Å²) in [4.78, 5) is 26.6. The number of carbonyl (C=O) groups is 2. The summed E-state index contributed by atoms with van der Waals surface area (Å²) in [6, 6.07) is 5.09. The number of rotatable bonds is 6. The number of alkyl carbamates (subject to hydrolysis) is 1. The summed E-state index contributed by atoms with van der Waals surface area (Å²) in [5.74, 6) is 0.301. The molecule has 0 saturated heterocycles. The molecule has 0 radical (unpaired) electrons. The van der Waals surface area contributed by atoms with E-state index < -0.39 is 23.7 Å². The number of methoxy groups -OCH3 is 1. The van der Waals surface area contributed by atoms with Gasteiger partial charge in [-0.05, 0) is 63.5 Å². The Morgan fingerprint density at radius 1 is 1.29 bits per heavy atom. The fourth-order valence-corrected chi connectivity index (χ4v) is 3.08. The number of carbonyl (C=O) groups excluding carboxylic acids is 2. The van der Waals surface area contributed by atoms with Gasteiger partial charge in [0.25, 0.3) is 0 Å². The van der Waals surface area contributed by atoms with E-state index in [1.165, 1.54) is 0 Å². The van der Waals surface area contributed by atoms with E-state index in [4.69, 9.17) is 14.2 Å². The molecule has 1 amide bonds. The van der Waals surface area contributed by atoms with Crippen molar-refractivity contribution in [1.82, 2.24) is 5.32 Å². The van der Waals surface area contributed by atoms with Crippen LogP contribution in [-0.2, 0) is 20.7 Å². The van der Waals surface area contributed by atoms with Crippen LogP contribution >= 0.6 is 0 Å². The fraction of sp³-hybridized carbons (Fsp3) is 0.524. The van der Waals surface area contributed by atoms with Crippen molar-refractivity contribution in [3.63, 3.8) is 0 Å². The van der Waals surface area contributed by atoms with Crippen LogP contribution in [-0.4, -0.2) is 44.5 Å². The lowest BCUT2D eigenvalue weighted by atomic mass is 9.95. The Bertz CT molecular complexity index is 752. The SMILES string of the molecule is CCOC(=O)C(CC1=CN(C)c2ccc(OC)cc2C1)NC(=O)OC(C)(C)C. The van der Waals surface area contributed by atoms with Crippen LogP contribution in [0.3, 0.4) is 0 Å². The number of fused-ring (bicyclic) bond motifs is 1. The molecule has 0 aliphatic carbocycles. The van der Waals surface area contributed by atoms with E-state index in [-0.39, 0.29) is 6.61 Å². The Morgan fingerprint density at radius 2 is 2.00 bits per heavy atom. The minimum atomic E-state index is -0.818. The molecule has 1 unspecified atom stereocenters. The van der Waals surface area contributed by atoms with Crippen LogP contribution in [0.15, 0.2) is 30.0 Å². The highest BCUT2D eigenvalue weighted by Crippen LogP contribution is 2.32. The molecule has 0 fully saturated rings. The lowest BCUT2D eigenvalue weighted by Crippen LogP contribution is -2.44. The molecule has 0 spiro atoms. The Labute approximate surface area is 166 Å². The van der Waals surface area contributed by atoms with E-state index in [1.807, 2.05) is 36.3 Å². The zero-order chi connectivity index (χ0) is 20.9. The van der Waals surface area contributed by atoms with Gasteiger partial charge in [0.2, 0.25) is 0 Å². The minimum absolute atomic E-state index is 0.240. The second kappa shape index (κ2) is 8.99. The quantitative estimate of drug-likeness (QED) is 0.750. The average molecular weight is 390 g/mol. The molecule has 0 saturated carbocycles. The maximum absolute atomic E-state index is 12.4. The summed E-state index contributed by atoms with van der Waals surface area (Å²) < 4.78 is 15.7. The summed E-state index contributed by atoms with van der Waals surface area (Å²) in [5.41, 5.74) is 2.53. The van der Waals surface area contributed by atoms with Crippen LogP contribution < -0.4 is 15.0 Å². The second-order valence-corrected chi connectivity index (χ2v) is 7.72. The number of hydrogen-bond donors (Lipinski definition) is 1. The van der Waals surface area contributed by atoms with Gasteiger partial charge in [0.1, 0.15) is 17.4 Å². The lowest BCUT2D eigenvalue weighted by Gasteiger charge is -2.28. The predicted octanol–water partition coefficient (Wildman–Crippen LogP) is 3.42. The predicted molar refractivity (Wildman–Crippen MR) is 108 cm³/mol. The largest absolute Gasteiger partial charge is 0.497 e. The Balaban J connectivity index is 2.16. The highest BCUT2D eigenvalue weighted by molar-refractivity contribution is 5.82. The van der Waals surface area contributed by atoms with E-state index in [1.54, 1.807) is 34.8 Å². The van der Waals surface area contributed by atoms with Crippen LogP contribution in [0.25, 0.3) is 0 Å². The maximum Gasteiger partial charge on any atom is 0.408 e. The molecule has 28 heavy (non-hydrogen) atoms. The highest BCUT2D eigenvalue weighted by atomic mass is 16.6. The second-order valence-electron chi connectivity index (χ2n) is 7.72. The van der Waals surface area contributed by atoms with Gasteiger partial charge in [0.05, 0.1) is 13.7 Å². The number of amides is 1. The monoisotopic (exact) mass is 390 g/mol. The van der Waals surface area contributed by atoms with Crippen molar-refractivity contribution in [1.29, 1.82) is 0 Å². The molecule has 1 aromatic carbocycles. The summed E-state index contributed by atoms with van der Waals surface area (Å²) in [6.45, 7) is 7.29. The first-order valence-corrected chi connectivity index (χ1v) is 9.38. The van der Waals surface area contributed by atoms with Crippen molar-refractivity contribution < 1.29 is 23.8 Å². The molecule has 0 bridgehead atoms. The topological polar surface area (TPSA) is 77.1 Å². The van der Waals surface area contributed by atoms with Gasteiger partial charge in [-0.2, -0.15) is 0 Å². The van der Waals surface area contributed by atoms with Crippen molar-refractivity contribution in [3.05, 3.63) is 35.5 Å². The Morgan fingerprint density at radius 3 is 2.61 bits per heavy atom. The van der Waals surface area contributed by atoms with Crippen molar-refractivity contribution in [2.75, 3.05) is 25.7 Å². The summed E-state index contributed by atoms with van der Waals surface area (Å²) in [6.07, 6.45) is 2.33. The third-order valence-corrected chi connectivity index (χ3v) is 4.19. The smallest absolute Gasteiger partial charge is 0.408 e. The van der Waals surface area contributed by atoms with E-state index in [2.05, 4.69) is 5.32 Å². The van der Waals surface area contributed by atoms with E-state index >= 15 is 0 Å². The standard InChI is InChI=1S/C21H30N2O5/c1-7-27-19(24)17(22-20(25)28-21(2,3)4)11-14-10-15-12-16(26-6)8-9-18(15)23(5)13-14/h8-9,12-13,17H,7,10-11H2,1-6H3,(H,22,25). The molecule has 0 aromatic heterocycles. The number of ether oxygens (including phenoxy) is 3. The van der Waals surface area contributed by atoms with Gasteiger partial charge >= 0.3 is 12.1 Å². The third kappa shape index (κ3) is 5.90. The molecular weight excluding hydrogens is 360 g/mol. The van der Waals surface area contributed by atoms with Gasteiger partial charge in [0.15, 0.2) is 0 Å². The van der Waals surface area contributed by atoms with E-state index in [9.17, 15) is 9.59 Å². The molecule has 7 heteroatoms. The molecule has 1 aromatic rings. The molecule has 1 heterocycles. The average Bonchev–Trinajstić information content (AvgIpc) is 2.59. The fourth-order valence-electron chi connectivity index (χ4n) is 3.08. The van der Waals surface area contributed by atoms with Gasteiger partial charge < -0.3 is 24.4 Å².